The number of carbonyl (C=O) groups is 3. The highest BCUT2D eigenvalue weighted by molar-refractivity contribution is 5.92. The van der Waals surface area contributed by atoms with Crippen molar-refractivity contribution in [3.8, 4) is 16.9 Å². The van der Waals surface area contributed by atoms with Crippen molar-refractivity contribution in [1.82, 2.24) is 55.3 Å². The van der Waals surface area contributed by atoms with E-state index >= 15 is 0 Å². The summed E-state index contributed by atoms with van der Waals surface area (Å²) in [7, 11) is 0. The number of β-amino-alcohol motifs (C(OH)–C–C–N with tert-alkyl or cyclic N) is 1. The Labute approximate surface area is 464 Å². The first kappa shape index (κ1) is 56.9. The molecule has 422 valence electrons. The quantitative estimate of drug-likeness (QED) is 0.0362. The lowest BCUT2D eigenvalue weighted by Crippen LogP contribution is -2.44. The van der Waals surface area contributed by atoms with E-state index in [1.54, 1.807) is 6.07 Å². The smallest absolute Gasteiger partial charge is 0.270 e. The van der Waals surface area contributed by atoms with Gasteiger partial charge >= 0.3 is 0 Å². The van der Waals surface area contributed by atoms with E-state index in [4.69, 9.17) is 19.0 Å². The summed E-state index contributed by atoms with van der Waals surface area (Å²) in [6, 6.07) is 24.9. The molecule has 0 unspecified atom stereocenters. The van der Waals surface area contributed by atoms with Crippen molar-refractivity contribution in [2.75, 3.05) is 97.1 Å². The molecular weight excluding hydrogens is 1000 g/mol. The minimum absolute atomic E-state index is 0.0342. The third kappa shape index (κ3) is 16.9. The monoisotopic (exact) mass is 1080 g/mol. The molecule has 0 spiro atoms. The predicted octanol–water partition coefficient (Wildman–Crippen LogP) is 5.89. The lowest BCUT2D eigenvalue weighted by molar-refractivity contribution is -0.122. The standard InChI is InChI=1S/C60H80N12O7/c1-43-59(44(2)79-68-43)47-16-19-54-52(36-47)67-56(72(54)30-29-69-31-34-77-35-32-69)20-15-45-13-17-51(18-14-45)78-33-25-62-57(74)12-6-4-3-5-9-24-61-58(75)41-70-27-22-49(23-28-70)66-55-37-53(64-42-65-55)60(76)63-38-50(73)40-71-26-21-46-10-7-8-11-48(46)39-71/h7-8,10-11,13-14,16-19,36-37,42,49-50,73H,3-6,9,12,15,20-35,38-41H2,1-2H3,(H,61,75)(H,62,74)(H,63,76)(H,64,65,66)/t50-/m0/s1. The maximum absolute atomic E-state index is 12.9. The Balaban J connectivity index is 0.584. The van der Waals surface area contributed by atoms with Crippen LogP contribution in [0.5, 0.6) is 5.75 Å². The van der Waals surface area contributed by atoms with E-state index in [1.165, 1.54) is 23.0 Å². The minimum Gasteiger partial charge on any atom is -0.492 e. The molecule has 1 atom stereocenters. The molecule has 3 aliphatic heterocycles. The van der Waals surface area contributed by atoms with Crippen LogP contribution < -0.4 is 26.0 Å². The number of unbranched alkanes of at least 4 members (excludes halogenated alkanes) is 4. The van der Waals surface area contributed by atoms with Crippen molar-refractivity contribution >= 4 is 34.6 Å². The molecule has 3 aliphatic rings. The number of benzene rings is 3. The van der Waals surface area contributed by atoms with Crippen molar-refractivity contribution in [2.24, 2.45) is 0 Å². The van der Waals surface area contributed by atoms with E-state index in [0.717, 1.165) is 175 Å². The first-order valence-corrected chi connectivity index (χ1v) is 28.6. The number of aliphatic hydroxyl groups is 1. The highest BCUT2D eigenvalue weighted by atomic mass is 16.5. The van der Waals surface area contributed by atoms with E-state index in [2.05, 4.69) is 104 Å². The lowest BCUT2D eigenvalue weighted by Gasteiger charge is -2.32. The number of nitrogens with zero attached hydrogens (tertiary/aromatic N) is 8. The molecule has 0 saturated carbocycles. The van der Waals surface area contributed by atoms with Crippen molar-refractivity contribution in [3.05, 3.63) is 119 Å². The summed E-state index contributed by atoms with van der Waals surface area (Å²) in [5, 5.41) is 27.2. The fraction of sp³-hybridized carbons (Fsp3) is 0.517. The number of ether oxygens (including phenoxy) is 2. The fourth-order valence-corrected chi connectivity index (χ4v) is 11.0. The Morgan fingerprint density at radius 1 is 0.785 bits per heavy atom. The third-order valence-electron chi connectivity index (χ3n) is 15.4. The van der Waals surface area contributed by atoms with E-state index in [1.807, 2.05) is 32.0 Å². The van der Waals surface area contributed by atoms with Crippen LogP contribution in [0.15, 0.2) is 83.6 Å². The fourth-order valence-electron chi connectivity index (χ4n) is 11.0. The molecule has 3 amide bonds. The number of fused-ring (bicyclic) bond motifs is 2. The SMILES string of the molecule is Cc1noc(C)c1-c1ccc2c(c1)nc(CCc1ccc(OCCNC(=O)CCCCCCCNC(=O)CN3CCC(Nc4cc(C(=O)NC[C@H](O)CN5CCc6ccccc6C5)ncn4)CC3)cc1)n2CCN1CCOCC1. The Bertz CT molecular complexity index is 2890. The highest BCUT2D eigenvalue weighted by Gasteiger charge is 2.24. The van der Waals surface area contributed by atoms with Crippen molar-refractivity contribution in [3.63, 3.8) is 0 Å². The third-order valence-corrected chi connectivity index (χ3v) is 15.4. The van der Waals surface area contributed by atoms with Gasteiger partial charge in [-0.05, 0) is 98.9 Å². The molecule has 0 radical (unpaired) electrons. The zero-order valence-electron chi connectivity index (χ0n) is 46.2. The number of anilines is 1. The molecule has 0 aliphatic carbocycles. The summed E-state index contributed by atoms with van der Waals surface area (Å²) < 4.78 is 19.4. The number of amides is 3. The van der Waals surface area contributed by atoms with Gasteiger partial charge in [0.2, 0.25) is 11.8 Å². The van der Waals surface area contributed by atoms with Gasteiger partial charge in [0.15, 0.2) is 0 Å². The zero-order valence-corrected chi connectivity index (χ0v) is 46.2. The number of nitrogens with one attached hydrogen (secondary N) is 4. The second kappa shape index (κ2) is 28.9. The summed E-state index contributed by atoms with van der Waals surface area (Å²) in [6.07, 6.45) is 10.2. The van der Waals surface area contributed by atoms with Crippen LogP contribution in [0.4, 0.5) is 5.82 Å². The maximum atomic E-state index is 12.9. The second-order valence-electron chi connectivity index (χ2n) is 21.3. The highest BCUT2D eigenvalue weighted by Crippen LogP contribution is 2.31. The van der Waals surface area contributed by atoms with Gasteiger partial charge in [-0.25, -0.2) is 15.0 Å². The van der Waals surface area contributed by atoms with Crippen LogP contribution in [-0.2, 0) is 46.7 Å². The van der Waals surface area contributed by atoms with Crippen LogP contribution in [0.25, 0.3) is 22.2 Å². The van der Waals surface area contributed by atoms with Crippen LogP contribution in [-0.4, -0.2) is 166 Å². The molecule has 0 bridgehead atoms. The number of likely N-dealkylation sites (tertiary alicyclic amines) is 1. The molecule has 6 aromatic rings. The van der Waals surface area contributed by atoms with Gasteiger partial charge < -0.3 is 44.9 Å². The topological polar surface area (TPSA) is 217 Å². The van der Waals surface area contributed by atoms with E-state index in [9.17, 15) is 19.5 Å². The van der Waals surface area contributed by atoms with Crippen molar-refractivity contribution in [1.29, 1.82) is 0 Å². The van der Waals surface area contributed by atoms with Gasteiger partial charge in [0.05, 0.1) is 49.1 Å². The largest absolute Gasteiger partial charge is 0.492 e. The molecule has 9 rings (SSSR count). The molecule has 6 heterocycles. The minimum atomic E-state index is -0.695. The van der Waals surface area contributed by atoms with Gasteiger partial charge in [-0.2, -0.15) is 0 Å². The van der Waals surface area contributed by atoms with Gasteiger partial charge in [0, 0.05) is 103 Å². The number of rotatable bonds is 28. The van der Waals surface area contributed by atoms with Crippen LogP contribution in [0.2, 0.25) is 0 Å². The molecule has 3 aromatic carbocycles. The number of morpholine rings is 1. The molecule has 2 fully saturated rings. The van der Waals surface area contributed by atoms with Crippen LogP contribution in [0.3, 0.4) is 0 Å². The second-order valence-corrected chi connectivity index (χ2v) is 21.3. The van der Waals surface area contributed by atoms with Crippen molar-refractivity contribution < 1.29 is 33.5 Å². The van der Waals surface area contributed by atoms with Gasteiger partial charge in [0.1, 0.15) is 41.8 Å². The first-order chi connectivity index (χ1) is 38.6. The van der Waals surface area contributed by atoms with E-state index in [-0.39, 0.29) is 36.0 Å². The summed E-state index contributed by atoms with van der Waals surface area (Å²) in [4.78, 5) is 58.7. The van der Waals surface area contributed by atoms with Crippen LogP contribution in [0.1, 0.15) is 95.8 Å². The first-order valence-electron chi connectivity index (χ1n) is 28.6. The number of carbonyl (C=O) groups excluding carboxylic acids is 3. The molecule has 3 aromatic heterocycles. The number of hydrogen-bond acceptors (Lipinski definition) is 15. The van der Waals surface area contributed by atoms with Gasteiger partial charge in [-0.15, -0.1) is 0 Å². The van der Waals surface area contributed by atoms with E-state index in [0.29, 0.717) is 45.0 Å². The lowest BCUT2D eigenvalue weighted by atomic mass is 10.00. The summed E-state index contributed by atoms with van der Waals surface area (Å²) in [5.74, 6) is 2.95. The number of hydrogen-bond donors (Lipinski definition) is 5. The van der Waals surface area contributed by atoms with Gasteiger partial charge in [-0.1, -0.05) is 66.9 Å². The number of aliphatic hydroxyl groups excluding tert-OH is 1. The Morgan fingerprint density at radius 2 is 1.57 bits per heavy atom. The average molecular weight is 1080 g/mol. The molecule has 5 N–H and O–H groups in total. The molecule has 79 heavy (non-hydrogen) atoms. The van der Waals surface area contributed by atoms with Crippen molar-refractivity contribution in [2.45, 2.75) is 110 Å². The molecule has 19 heteroatoms. The molecular formula is C60H80N12O7. The number of aromatic nitrogens is 5. The zero-order chi connectivity index (χ0) is 54.8. The predicted molar refractivity (Wildman–Crippen MR) is 304 cm³/mol. The summed E-state index contributed by atoms with van der Waals surface area (Å²) in [5.41, 5.74) is 9.17. The molecule has 19 nitrogen and oxygen atoms in total. The number of imidazole rings is 1. The maximum Gasteiger partial charge on any atom is 0.270 e. The summed E-state index contributed by atoms with van der Waals surface area (Å²) in [6.45, 7) is 14.9. The van der Waals surface area contributed by atoms with Crippen LogP contribution in [0, 0.1) is 13.8 Å². The number of piperidine rings is 1. The van der Waals surface area contributed by atoms with Gasteiger partial charge in [0.25, 0.3) is 5.91 Å². The normalized spacial score (nSPS) is 15.9. The van der Waals surface area contributed by atoms with Gasteiger partial charge in [-0.3, -0.25) is 29.1 Å². The van der Waals surface area contributed by atoms with Crippen LogP contribution >= 0.6 is 0 Å². The number of aryl methyl sites for hydroxylation is 4. The Morgan fingerprint density at radius 3 is 2.38 bits per heavy atom. The van der Waals surface area contributed by atoms with E-state index < -0.39 is 6.10 Å². The Hall–Kier alpha value is -6.77. The molecule has 2 saturated heterocycles. The summed E-state index contributed by atoms with van der Waals surface area (Å²) >= 11 is 0. The Kier molecular flexibility index (Phi) is 20.8. The average Bonchev–Trinajstić information content (AvgIpc) is 4.14.